The number of carbonyl (C=O) groups excluding carboxylic acids is 1. The summed E-state index contributed by atoms with van der Waals surface area (Å²) in [4.78, 5) is 16.5. The molecule has 1 saturated heterocycles. The summed E-state index contributed by atoms with van der Waals surface area (Å²) in [5.41, 5.74) is -0.110. The van der Waals surface area contributed by atoms with Gasteiger partial charge in [-0.1, -0.05) is 42.8 Å². The molecule has 1 heterocycles. The quantitative estimate of drug-likeness (QED) is 0.477. The van der Waals surface area contributed by atoms with E-state index < -0.39 is 19.8 Å². The van der Waals surface area contributed by atoms with Crippen LogP contribution in [0.5, 0.6) is 0 Å². The molecule has 1 amide bonds. The van der Waals surface area contributed by atoms with Gasteiger partial charge >= 0.3 is 0 Å². The highest BCUT2D eigenvalue weighted by Gasteiger charge is 2.55. The number of allylic oxidation sites excluding steroid dienone is 1. The van der Waals surface area contributed by atoms with Gasteiger partial charge in [-0.25, -0.2) is 0 Å². The minimum Gasteiger partial charge on any atom is -0.415 e. The highest BCUT2D eigenvalue weighted by atomic mass is 79.9. The molecule has 1 aliphatic rings. The lowest BCUT2D eigenvalue weighted by molar-refractivity contribution is -0.132. The lowest BCUT2D eigenvalue weighted by Gasteiger charge is -2.40. The Bertz CT molecular complexity index is 537. The average Bonchev–Trinajstić information content (AvgIpc) is 2.65. The molecule has 0 aromatic heterocycles. The molecular formula is C19H34BrNO3Si. The summed E-state index contributed by atoms with van der Waals surface area (Å²) in [5, 5.41) is 11.2. The van der Waals surface area contributed by atoms with Crippen LogP contribution >= 0.6 is 15.9 Å². The molecule has 3 atom stereocenters. The van der Waals surface area contributed by atoms with Crippen molar-refractivity contribution in [3.8, 4) is 0 Å². The summed E-state index contributed by atoms with van der Waals surface area (Å²) in [6, 6.07) is -0.360. The zero-order chi connectivity index (χ0) is 19.6. The first kappa shape index (κ1) is 22.6. The van der Waals surface area contributed by atoms with E-state index in [1.54, 1.807) is 17.9 Å². The second kappa shape index (κ2) is 8.07. The molecular weight excluding hydrogens is 398 g/mol. The van der Waals surface area contributed by atoms with Gasteiger partial charge in [0.15, 0.2) is 8.32 Å². The zero-order valence-corrected chi connectivity index (χ0v) is 19.3. The molecule has 1 aliphatic heterocycles. The molecule has 0 bridgehead atoms. The van der Waals surface area contributed by atoms with E-state index in [9.17, 15) is 9.90 Å². The van der Waals surface area contributed by atoms with E-state index in [1.165, 1.54) is 0 Å². The van der Waals surface area contributed by atoms with Crippen molar-refractivity contribution in [3.63, 3.8) is 0 Å². The first-order valence-electron chi connectivity index (χ1n) is 8.83. The minimum atomic E-state index is -1.97. The monoisotopic (exact) mass is 431 g/mol. The number of halogens is 1. The Morgan fingerprint density at radius 3 is 2.48 bits per heavy atom. The Balaban J connectivity index is 3.12. The van der Waals surface area contributed by atoms with Crippen molar-refractivity contribution in [1.29, 1.82) is 0 Å². The summed E-state index contributed by atoms with van der Waals surface area (Å²) in [5.74, 6) is -0.497. The molecule has 1 fully saturated rings. The maximum atomic E-state index is 12.9. The first-order chi connectivity index (χ1) is 11.3. The van der Waals surface area contributed by atoms with Crippen LogP contribution in [0.15, 0.2) is 23.2 Å². The third kappa shape index (κ3) is 4.84. The van der Waals surface area contributed by atoms with Gasteiger partial charge < -0.3 is 14.4 Å². The smallest absolute Gasteiger partial charge is 0.229 e. The Hall–Kier alpha value is -0.433. The number of amides is 1. The van der Waals surface area contributed by atoms with Crippen LogP contribution in [0.1, 0.15) is 41.0 Å². The molecule has 0 aromatic rings. The standard InChI is InChI=1S/C19H34BrNO3Si/c1-9-10-15-17(22)21(12-14(2)11-20)16(19(15,6)23)13-24-25(7,8)18(3,4)5/h9,11,15-16,23H,1,10,12-13H2,2-8H3/b14-11+/t15-,16+,19-/m0/s1. The van der Waals surface area contributed by atoms with Crippen LogP contribution < -0.4 is 0 Å². The molecule has 144 valence electrons. The molecule has 25 heavy (non-hydrogen) atoms. The Labute approximate surface area is 162 Å². The van der Waals surface area contributed by atoms with E-state index in [1.807, 2.05) is 11.9 Å². The average molecular weight is 432 g/mol. The molecule has 0 radical (unpaired) electrons. The second-order valence-corrected chi connectivity index (χ2v) is 14.1. The van der Waals surface area contributed by atoms with Gasteiger partial charge in [-0.2, -0.15) is 0 Å². The second-order valence-electron chi connectivity index (χ2n) is 8.81. The van der Waals surface area contributed by atoms with Crippen LogP contribution in [0.2, 0.25) is 18.1 Å². The summed E-state index contributed by atoms with van der Waals surface area (Å²) in [6.07, 6.45) is 2.18. The molecule has 0 saturated carbocycles. The predicted octanol–water partition coefficient (Wildman–Crippen LogP) is 4.46. The van der Waals surface area contributed by atoms with Crippen molar-refractivity contribution < 1.29 is 14.3 Å². The molecule has 0 unspecified atom stereocenters. The number of rotatable bonds is 7. The molecule has 1 N–H and O–H groups in total. The topological polar surface area (TPSA) is 49.8 Å². The van der Waals surface area contributed by atoms with Crippen LogP contribution in [0.3, 0.4) is 0 Å². The first-order valence-corrected chi connectivity index (χ1v) is 12.7. The van der Waals surface area contributed by atoms with Crippen molar-refractivity contribution in [1.82, 2.24) is 4.90 Å². The number of hydrogen-bond donors (Lipinski definition) is 1. The third-order valence-corrected chi connectivity index (χ3v) is 11.0. The number of hydrogen-bond acceptors (Lipinski definition) is 3. The molecule has 0 aliphatic carbocycles. The highest BCUT2D eigenvalue weighted by molar-refractivity contribution is 9.11. The summed E-state index contributed by atoms with van der Waals surface area (Å²) in [7, 11) is -1.97. The van der Waals surface area contributed by atoms with E-state index in [0.717, 1.165) is 5.57 Å². The van der Waals surface area contributed by atoms with Crippen LogP contribution in [0.4, 0.5) is 0 Å². The fourth-order valence-corrected chi connectivity index (χ4v) is 4.06. The fourth-order valence-electron chi connectivity index (χ4n) is 2.91. The SMILES string of the molecule is C=CC[C@H]1C(=O)N(C/C(C)=C/Br)[C@H](CO[Si](C)(C)C(C)(C)C)[C@@]1(C)O. The molecule has 0 spiro atoms. The van der Waals surface area contributed by atoms with Gasteiger partial charge in [0.05, 0.1) is 24.2 Å². The largest absolute Gasteiger partial charge is 0.415 e. The number of carbonyl (C=O) groups is 1. The van der Waals surface area contributed by atoms with Crippen molar-refractivity contribution in [3.05, 3.63) is 23.2 Å². The highest BCUT2D eigenvalue weighted by Crippen LogP contribution is 2.41. The summed E-state index contributed by atoms with van der Waals surface area (Å²) < 4.78 is 6.36. The van der Waals surface area contributed by atoms with Crippen LogP contribution in [0, 0.1) is 5.92 Å². The zero-order valence-electron chi connectivity index (χ0n) is 16.7. The van der Waals surface area contributed by atoms with E-state index in [2.05, 4.69) is 56.4 Å². The molecule has 1 rings (SSSR count). The number of likely N-dealkylation sites (tertiary alicyclic amines) is 1. The normalized spacial score (nSPS) is 28.6. The maximum Gasteiger partial charge on any atom is 0.229 e. The Kier molecular flexibility index (Phi) is 7.30. The van der Waals surface area contributed by atoms with Gasteiger partial charge in [-0.05, 0) is 49.0 Å². The van der Waals surface area contributed by atoms with Gasteiger partial charge in [0.2, 0.25) is 5.91 Å². The van der Waals surface area contributed by atoms with Crippen molar-refractivity contribution >= 4 is 30.2 Å². The summed E-state index contributed by atoms with van der Waals surface area (Å²) in [6.45, 7) is 19.2. The van der Waals surface area contributed by atoms with Crippen molar-refractivity contribution in [2.75, 3.05) is 13.2 Å². The Morgan fingerprint density at radius 1 is 1.48 bits per heavy atom. The molecule has 0 aromatic carbocycles. The van der Waals surface area contributed by atoms with Crippen LogP contribution in [0.25, 0.3) is 0 Å². The van der Waals surface area contributed by atoms with Gasteiger partial charge in [0, 0.05) is 6.54 Å². The van der Waals surface area contributed by atoms with Gasteiger partial charge in [-0.15, -0.1) is 6.58 Å². The van der Waals surface area contributed by atoms with Gasteiger partial charge in [-0.3, -0.25) is 4.79 Å². The number of aliphatic hydroxyl groups is 1. The van der Waals surface area contributed by atoms with E-state index >= 15 is 0 Å². The van der Waals surface area contributed by atoms with Gasteiger partial charge in [0.1, 0.15) is 0 Å². The summed E-state index contributed by atoms with van der Waals surface area (Å²) >= 11 is 3.33. The molecule has 4 nitrogen and oxygen atoms in total. The van der Waals surface area contributed by atoms with Crippen molar-refractivity contribution in [2.24, 2.45) is 5.92 Å². The van der Waals surface area contributed by atoms with E-state index in [4.69, 9.17) is 4.43 Å². The van der Waals surface area contributed by atoms with E-state index in [-0.39, 0.29) is 17.0 Å². The van der Waals surface area contributed by atoms with Crippen LogP contribution in [-0.4, -0.2) is 49.0 Å². The lowest BCUT2D eigenvalue weighted by atomic mass is 9.85. The van der Waals surface area contributed by atoms with E-state index in [0.29, 0.717) is 19.6 Å². The van der Waals surface area contributed by atoms with Crippen LogP contribution in [-0.2, 0) is 9.22 Å². The minimum absolute atomic E-state index is 0.0255. The Morgan fingerprint density at radius 2 is 2.04 bits per heavy atom. The molecule has 6 heteroatoms. The van der Waals surface area contributed by atoms with Gasteiger partial charge in [0.25, 0.3) is 0 Å². The third-order valence-electron chi connectivity index (χ3n) is 5.75. The predicted molar refractivity (Wildman–Crippen MR) is 110 cm³/mol. The lowest BCUT2D eigenvalue weighted by Crippen LogP contribution is -2.51. The maximum absolute atomic E-state index is 12.9. The van der Waals surface area contributed by atoms with Crippen molar-refractivity contribution in [2.45, 2.75) is 70.8 Å². The number of nitrogens with zero attached hydrogens (tertiary/aromatic N) is 1. The fraction of sp³-hybridized carbons (Fsp3) is 0.737.